The minimum Gasteiger partial charge on any atom is -0.392 e. The van der Waals surface area contributed by atoms with Gasteiger partial charge in [-0.1, -0.05) is 29.4 Å². The number of thiophene rings is 1. The van der Waals surface area contributed by atoms with Crippen molar-refractivity contribution in [1.29, 1.82) is 0 Å². The smallest absolute Gasteiger partial charge is 0.258 e. The zero-order valence-electron chi connectivity index (χ0n) is 11.6. The van der Waals surface area contributed by atoms with Crippen LogP contribution in [0.2, 0.25) is 0 Å². The lowest BCUT2D eigenvalue weighted by Gasteiger charge is -2.01. The number of nitrogens with zero attached hydrogens (tertiary/aromatic N) is 2. The quantitative estimate of drug-likeness (QED) is 0.750. The summed E-state index contributed by atoms with van der Waals surface area (Å²) in [6.07, 6.45) is 0. The van der Waals surface area contributed by atoms with Gasteiger partial charge in [0.25, 0.3) is 5.89 Å². The largest absolute Gasteiger partial charge is 0.392 e. The van der Waals surface area contributed by atoms with Gasteiger partial charge in [-0.3, -0.25) is 4.21 Å². The monoisotopic (exact) mass is 334 g/mol. The summed E-state index contributed by atoms with van der Waals surface area (Å²) in [7, 11) is -1.11. The molecule has 0 spiro atoms. The molecule has 5 nitrogen and oxygen atoms in total. The van der Waals surface area contributed by atoms with E-state index < -0.39 is 10.8 Å². The topological polar surface area (TPSA) is 76.2 Å². The minimum atomic E-state index is -1.11. The van der Waals surface area contributed by atoms with Crippen LogP contribution in [0, 0.1) is 0 Å². The molecule has 0 radical (unpaired) electrons. The zero-order valence-corrected chi connectivity index (χ0v) is 13.3. The van der Waals surface area contributed by atoms with Crippen molar-refractivity contribution in [2.75, 3.05) is 0 Å². The lowest BCUT2D eigenvalue weighted by molar-refractivity contribution is 0.282. The van der Waals surface area contributed by atoms with Gasteiger partial charge in [-0.15, -0.1) is 0 Å². The molecule has 3 rings (SSSR count). The van der Waals surface area contributed by atoms with Crippen LogP contribution in [0.15, 0.2) is 45.6 Å². The maximum absolute atomic E-state index is 12.2. The average Bonchev–Trinajstić information content (AvgIpc) is 3.19. The molecule has 0 aliphatic heterocycles. The van der Waals surface area contributed by atoms with Crippen LogP contribution in [-0.2, 0) is 28.9 Å². The molecule has 0 aliphatic carbocycles. The van der Waals surface area contributed by atoms with Gasteiger partial charge in [0.05, 0.1) is 17.9 Å². The van der Waals surface area contributed by atoms with Crippen LogP contribution < -0.4 is 0 Å². The van der Waals surface area contributed by atoms with Crippen molar-refractivity contribution < 1.29 is 13.8 Å². The van der Waals surface area contributed by atoms with Crippen molar-refractivity contribution in [3.05, 3.63) is 58.0 Å². The summed E-state index contributed by atoms with van der Waals surface area (Å²) in [5.74, 6) is 1.59. The minimum absolute atomic E-state index is 0.0115. The highest BCUT2D eigenvalue weighted by molar-refractivity contribution is 7.83. The van der Waals surface area contributed by atoms with Gasteiger partial charge in [0.1, 0.15) is 0 Å². The molecule has 3 aromatic rings. The average molecular weight is 334 g/mol. The Morgan fingerprint density at radius 1 is 1.14 bits per heavy atom. The number of aromatic nitrogens is 2. The number of hydrogen-bond acceptors (Lipinski definition) is 6. The van der Waals surface area contributed by atoms with Gasteiger partial charge in [-0.25, -0.2) is 0 Å². The molecule has 1 unspecified atom stereocenters. The molecule has 22 heavy (non-hydrogen) atoms. The first-order valence-corrected chi connectivity index (χ1v) is 9.06. The van der Waals surface area contributed by atoms with Crippen molar-refractivity contribution in [3.8, 4) is 11.5 Å². The second-order valence-electron chi connectivity index (χ2n) is 4.73. The molecule has 0 fully saturated rings. The van der Waals surface area contributed by atoms with Gasteiger partial charge < -0.3 is 9.63 Å². The molecule has 114 valence electrons. The number of aliphatic hydroxyl groups is 1. The Labute approximate surface area is 134 Å². The Hall–Kier alpha value is -1.83. The Morgan fingerprint density at radius 2 is 1.91 bits per heavy atom. The van der Waals surface area contributed by atoms with Gasteiger partial charge >= 0.3 is 0 Å². The lowest BCUT2D eigenvalue weighted by atomic mass is 10.2. The third kappa shape index (κ3) is 3.68. The standard InChI is InChI=1S/C15H14N2O3S2/c18-7-11-1-3-12(4-2-11)9-22(19)10-14-16-15(20-17-14)13-5-6-21-8-13/h1-6,8,18H,7,9-10H2. The predicted molar refractivity (Wildman–Crippen MR) is 85.5 cm³/mol. The molecule has 7 heteroatoms. The molecule has 0 bridgehead atoms. The fourth-order valence-electron chi connectivity index (χ4n) is 1.94. The van der Waals surface area contributed by atoms with Crippen LogP contribution in [0.4, 0.5) is 0 Å². The summed E-state index contributed by atoms with van der Waals surface area (Å²) in [6.45, 7) is 0.0115. The van der Waals surface area contributed by atoms with E-state index in [1.54, 1.807) is 11.3 Å². The highest BCUT2D eigenvalue weighted by Crippen LogP contribution is 2.20. The van der Waals surface area contributed by atoms with E-state index in [-0.39, 0.29) is 12.4 Å². The number of aliphatic hydroxyl groups excluding tert-OH is 1. The van der Waals surface area contributed by atoms with Crippen LogP contribution in [0.25, 0.3) is 11.5 Å². The summed E-state index contributed by atoms with van der Waals surface area (Å²) in [6, 6.07) is 9.31. The first kappa shape index (κ1) is 15.1. The maximum Gasteiger partial charge on any atom is 0.258 e. The van der Waals surface area contributed by atoms with Crippen molar-refractivity contribution in [1.82, 2.24) is 10.1 Å². The van der Waals surface area contributed by atoms with Crippen molar-refractivity contribution in [2.24, 2.45) is 0 Å². The lowest BCUT2D eigenvalue weighted by Crippen LogP contribution is -2.01. The van der Waals surface area contributed by atoms with Gasteiger partial charge in [-0.2, -0.15) is 16.3 Å². The Balaban J connectivity index is 1.61. The fraction of sp³-hybridized carbons (Fsp3) is 0.200. The Morgan fingerprint density at radius 3 is 2.59 bits per heavy atom. The van der Waals surface area contributed by atoms with E-state index in [0.29, 0.717) is 17.5 Å². The third-order valence-corrected chi connectivity index (χ3v) is 4.98. The first-order chi connectivity index (χ1) is 10.7. The maximum atomic E-state index is 12.2. The summed E-state index contributed by atoms with van der Waals surface area (Å²) in [5.41, 5.74) is 2.68. The summed E-state index contributed by atoms with van der Waals surface area (Å²) < 4.78 is 17.3. The van der Waals surface area contributed by atoms with Gasteiger partial charge in [0.2, 0.25) is 0 Å². The first-order valence-electron chi connectivity index (χ1n) is 6.63. The summed E-state index contributed by atoms with van der Waals surface area (Å²) in [5, 5.41) is 16.7. The van der Waals surface area contributed by atoms with Gasteiger partial charge in [-0.05, 0) is 22.6 Å². The molecule has 0 aliphatic rings. The zero-order chi connectivity index (χ0) is 15.4. The van der Waals surface area contributed by atoms with Crippen LogP contribution in [0.5, 0.6) is 0 Å². The molecule has 0 saturated heterocycles. The molecule has 1 N–H and O–H groups in total. The fourth-order valence-corrected chi connectivity index (χ4v) is 3.64. The second-order valence-corrected chi connectivity index (χ2v) is 6.97. The predicted octanol–water partition coefficient (Wildman–Crippen LogP) is 2.74. The van der Waals surface area contributed by atoms with Crippen molar-refractivity contribution in [2.45, 2.75) is 18.1 Å². The van der Waals surface area contributed by atoms with Crippen molar-refractivity contribution in [3.63, 3.8) is 0 Å². The molecular formula is C15H14N2O3S2. The molecule has 2 heterocycles. The highest BCUT2D eigenvalue weighted by Gasteiger charge is 2.12. The normalized spacial score (nSPS) is 12.4. The van der Waals surface area contributed by atoms with E-state index >= 15 is 0 Å². The molecule has 2 aromatic heterocycles. The molecular weight excluding hydrogens is 320 g/mol. The van der Waals surface area contributed by atoms with Crippen LogP contribution in [-0.4, -0.2) is 19.5 Å². The van der Waals surface area contributed by atoms with Gasteiger partial charge in [0.15, 0.2) is 5.82 Å². The van der Waals surface area contributed by atoms with Crippen LogP contribution in [0.3, 0.4) is 0 Å². The third-order valence-electron chi connectivity index (χ3n) is 3.06. The summed E-state index contributed by atoms with van der Waals surface area (Å²) >= 11 is 1.56. The van der Waals surface area contributed by atoms with Crippen LogP contribution in [0.1, 0.15) is 17.0 Å². The summed E-state index contributed by atoms with van der Waals surface area (Å²) in [4.78, 5) is 4.26. The molecule has 1 atom stereocenters. The Kier molecular flexibility index (Phi) is 4.77. The number of hydrogen-bond donors (Lipinski definition) is 1. The van der Waals surface area contributed by atoms with E-state index in [1.165, 1.54) is 0 Å². The van der Waals surface area contributed by atoms with Gasteiger partial charge in [0, 0.05) is 21.9 Å². The Bertz CT molecular complexity index is 751. The molecule has 1 aromatic carbocycles. The SMILES string of the molecule is O=S(Cc1ccc(CO)cc1)Cc1noc(-c2ccsc2)n1. The van der Waals surface area contributed by atoms with E-state index in [9.17, 15) is 4.21 Å². The number of benzene rings is 1. The van der Waals surface area contributed by atoms with Crippen LogP contribution >= 0.6 is 11.3 Å². The molecule has 0 amide bonds. The van der Waals surface area contributed by atoms with Crippen molar-refractivity contribution >= 4 is 22.1 Å². The highest BCUT2D eigenvalue weighted by atomic mass is 32.2. The van der Waals surface area contributed by atoms with E-state index in [1.807, 2.05) is 41.1 Å². The van der Waals surface area contributed by atoms with E-state index in [4.69, 9.17) is 9.63 Å². The van der Waals surface area contributed by atoms with E-state index in [0.717, 1.165) is 16.7 Å². The number of rotatable bonds is 6. The van der Waals surface area contributed by atoms with E-state index in [2.05, 4.69) is 10.1 Å². The molecule has 0 saturated carbocycles. The second kappa shape index (κ2) is 6.95.